The monoisotopic (exact) mass is 357 g/mol. The van der Waals surface area contributed by atoms with Gasteiger partial charge in [0, 0.05) is 38.4 Å². The molecule has 2 aromatic heterocycles. The predicted molar refractivity (Wildman–Crippen MR) is 97.9 cm³/mol. The Morgan fingerprint density at radius 1 is 1.08 bits per heavy atom. The molecule has 26 heavy (non-hydrogen) atoms. The summed E-state index contributed by atoms with van der Waals surface area (Å²) < 4.78 is 10.5. The Hall–Kier alpha value is -2.68. The maximum atomic E-state index is 5.39. The minimum absolute atomic E-state index is 0.299. The molecule has 0 amide bonds. The van der Waals surface area contributed by atoms with Crippen LogP contribution >= 0.6 is 0 Å². The summed E-state index contributed by atoms with van der Waals surface area (Å²) in [6.07, 6.45) is 6.20. The molecule has 2 aromatic rings. The second-order valence-electron chi connectivity index (χ2n) is 6.34. The van der Waals surface area contributed by atoms with Crippen LogP contribution in [0.2, 0.25) is 0 Å². The van der Waals surface area contributed by atoms with Crippen molar-refractivity contribution in [1.29, 1.82) is 0 Å². The molecule has 1 unspecified atom stereocenters. The van der Waals surface area contributed by atoms with Gasteiger partial charge < -0.3 is 24.6 Å². The molecular formula is C17H23N7O2. The zero-order chi connectivity index (χ0) is 17.8. The first-order chi connectivity index (χ1) is 12.8. The second kappa shape index (κ2) is 7.69. The normalized spacial score (nSPS) is 20.3. The van der Waals surface area contributed by atoms with Gasteiger partial charge in [-0.15, -0.1) is 0 Å². The van der Waals surface area contributed by atoms with Gasteiger partial charge in [-0.1, -0.05) is 0 Å². The highest BCUT2D eigenvalue weighted by atomic mass is 16.5. The number of morpholine rings is 1. The molecule has 4 heterocycles. The van der Waals surface area contributed by atoms with E-state index in [-0.39, 0.29) is 0 Å². The Balaban J connectivity index is 1.37. The fraction of sp³-hybridized carbons (Fsp3) is 0.529. The quantitative estimate of drug-likeness (QED) is 0.834. The number of nitrogens with one attached hydrogen (secondary N) is 1. The minimum atomic E-state index is 0.299. The Morgan fingerprint density at radius 3 is 2.65 bits per heavy atom. The van der Waals surface area contributed by atoms with Gasteiger partial charge in [0.05, 0.1) is 32.7 Å². The Morgan fingerprint density at radius 2 is 1.88 bits per heavy atom. The summed E-state index contributed by atoms with van der Waals surface area (Å²) >= 11 is 0. The summed E-state index contributed by atoms with van der Waals surface area (Å²) in [6.45, 7) is 4.85. The molecule has 0 radical (unpaired) electrons. The maximum Gasteiger partial charge on any atom is 0.227 e. The fourth-order valence-corrected chi connectivity index (χ4v) is 3.19. The molecule has 1 N–H and O–H groups in total. The number of anilines is 3. The van der Waals surface area contributed by atoms with Crippen LogP contribution in [0, 0.1) is 0 Å². The van der Waals surface area contributed by atoms with Crippen LogP contribution in [-0.2, 0) is 4.74 Å². The Bertz CT molecular complexity index is 721. The van der Waals surface area contributed by atoms with Gasteiger partial charge in [0.25, 0.3) is 0 Å². The highest BCUT2D eigenvalue weighted by Gasteiger charge is 2.25. The lowest BCUT2D eigenvalue weighted by Crippen LogP contribution is -2.37. The lowest BCUT2D eigenvalue weighted by atomic mass is 10.2. The number of rotatable bonds is 5. The van der Waals surface area contributed by atoms with Crippen molar-refractivity contribution in [3.05, 3.63) is 24.7 Å². The van der Waals surface area contributed by atoms with E-state index in [1.54, 1.807) is 25.7 Å². The van der Waals surface area contributed by atoms with Gasteiger partial charge in [-0.05, 0) is 12.5 Å². The molecule has 2 saturated heterocycles. The molecule has 2 fully saturated rings. The average Bonchev–Trinajstić information content (AvgIpc) is 3.17. The van der Waals surface area contributed by atoms with E-state index in [1.165, 1.54) is 0 Å². The molecule has 0 aromatic carbocycles. The first-order valence-electron chi connectivity index (χ1n) is 8.85. The SMILES string of the molecule is COc1cnc(N2CCC(Nc3ccnc(N4CCOCC4)n3)C2)nc1. The lowest BCUT2D eigenvalue weighted by Gasteiger charge is -2.27. The first kappa shape index (κ1) is 16.8. The van der Waals surface area contributed by atoms with E-state index in [0.29, 0.717) is 11.8 Å². The summed E-state index contributed by atoms with van der Waals surface area (Å²) in [4.78, 5) is 22.1. The van der Waals surface area contributed by atoms with Crippen LogP contribution < -0.4 is 19.9 Å². The van der Waals surface area contributed by atoms with E-state index in [9.17, 15) is 0 Å². The molecule has 0 bridgehead atoms. The van der Waals surface area contributed by atoms with Crippen LogP contribution in [0.3, 0.4) is 0 Å². The van der Waals surface area contributed by atoms with Crippen molar-refractivity contribution in [3.8, 4) is 5.75 Å². The molecule has 9 nitrogen and oxygen atoms in total. The van der Waals surface area contributed by atoms with Crippen molar-refractivity contribution >= 4 is 17.7 Å². The summed E-state index contributed by atoms with van der Waals surface area (Å²) in [5.74, 6) is 3.00. The zero-order valence-corrected chi connectivity index (χ0v) is 14.8. The zero-order valence-electron chi connectivity index (χ0n) is 14.8. The number of nitrogens with zero attached hydrogens (tertiary/aromatic N) is 6. The fourth-order valence-electron chi connectivity index (χ4n) is 3.19. The molecule has 2 aliphatic rings. The van der Waals surface area contributed by atoms with Crippen molar-refractivity contribution < 1.29 is 9.47 Å². The third kappa shape index (κ3) is 3.77. The van der Waals surface area contributed by atoms with E-state index in [0.717, 1.165) is 63.5 Å². The van der Waals surface area contributed by atoms with Gasteiger partial charge in [-0.3, -0.25) is 0 Å². The third-order valence-corrected chi connectivity index (χ3v) is 4.61. The number of ether oxygens (including phenoxy) is 2. The van der Waals surface area contributed by atoms with Crippen molar-refractivity contribution in [2.24, 2.45) is 0 Å². The highest BCUT2D eigenvalue weighted by molar-refractivity contribution is 5.44. The van der Waals surface area contributed by atoms with Crippen molar-refractivity contribution in [2.45, 2.75) is 12.5 Å². The van der Waals surface area contributed by atoms with Crippen LogP contribution in [0.4, 0.5) is 17.7 Å². The van der Waals surface area contributed by atoms with Crippen LogP contribution in [0.15, 0.2) is 24.7 Å². The number of hydrogen-bond donors (Lipinski definition) is 1. The topological polar surface area (TPSA) is 88.5 Å². The average molecular weight is 357 g/mol. The van der Waals surface area contributed by atoms with Gasteiger partial charge in [0.15, 0.2) is 5.75 Å². The summed E-state index contributed by atoms with van der Waals surface area (Å²) in [6, 6.07) is 2.21. The van der Waals surface area contributed by atoms with Crippen LogP contribution in [0.1, 0.15) is 6.42 Å². The van der Waals surface area contributed by atoms with Crippen molar-refractivity contribution in [3.63, 3.8) is 0 Å². The Labute approximate surface area is 152 Å². The molecule has 0 saturated carbocycles. The summed E-state index contributed by atoms with van der Waals surface area (Å²) in [7, 11) is 1.61. The molecule has 0 aliphatic carbocycles. The van der Waals surface area contributed by atoms with Crippen LogP contribution in [0.25, 0.3) is 0 Å². The van der Waals surface area contributed by atoms with Gasteiger partial charge in [-0.2, -0.15) is 4.98 Å². The van der Waals surface area contributed by atoms with E-state index < -0.39 is 0 Å². The first-order valence-corrected chi connectivity index (χ1v) is 8.85. The van der Waals surface area contributed by atoms with Crippen molar-refractivity contribution in [2.75, 3.05) is 61.6 Å². The van der Waals surface area contributed by atoms with E-state index in [2.05, 4.69) is 35.1 Å². The molecule has 4 rings (SSSR count). The van der Waals surface area contributed by atoms with Gasteiger partial charge in [-0.25, -0.2) is 15.0 Å². The summed E-state index contributed by atoms with van der Waals surface area (Å²) in [5.41, 5.74) is 0. The van der Waals surface area contributed by atoms with Gasteiger partial charge in [0.1, 0.15) is 5.82 Å². The minimum Gasteiger partial charge on any atom is -0.494 e. The second-order valence-corrected chi connectivity index (χ2v) is 6.34. The molecule has 2 aliphatic heterocycles. The highest BCUT2D eigenvalue weighted by Crippen LogP contribution is 2.20. The Kier molecular flexibility index (Phi) is 4.96. The molecular weight excluding hydrogens is 334 g/mol. The largest absolute Gasteiger partial charge is 0.494 e. The smallest absolute Gasteiger partial charge is 0.227 e. The molecule has 1 atom stereocenters. The van der Waals surface area contributed by atoms with E-state index >= 15 is 0 Å². The number of aromatic nitrogens is 4. The third-order valence-electron chi connectivity index (χ3n) is 4.61. The van der Waals surface area contributed by atoms with Gasteiger partial charge >= 0.3 is 0 Å². The standard InChI is InChI=1S/C17H23N7O2/c1-25-14-10-19-16(20-11-14)24-5-3-13(12-24)21-15-2-4-18-17(22-15)23-6-8-26-9-7-23/h2,4,10-11,13H,3,5-9,12H2,1H3,(H,18,21,22). The van der Waals surface area contributed by atoms with Gasteiger partial charge in [0.2, 0.25) is 11.9 Å². The lowest BCUT2D eigenvalue weighted by molar-refractivity contribution is 0.122. The van der Waals surface area contributed by atoms with Crippen molar-refractivity contribution in [1.82, 2.24) is 19.9 Å². The van der Waals surface area contributed by atoms with Crippen LogP contribution in [0.5, 0.6) is 5.75 Å². The number of hydrogen-bond acceptors (Lipinski definition) is 9. The number of methoxy groups -OCH3 is 1. The predicted octanol–water partition coefficient (Wildman–Crippen LogP) is 0.803. The summed E-state index contributed by atoms with van der Waals surface area (Å²) in [5, 5.41) is 3.51. The molecule has 0 spiro atoms. The molecule has 138 valence electrons. The molecule has 9 heteroatoms. The van der Waals surface area contributed by atoms with E-state index in [1.807, 2.05) is 6.07 Å². The maximum absolute atomic E-state index is 5.39. The van der Waals surface area contributed by atoms with E-state index in [4.69, 9.17) is 9.47 Å². The van der Waals surface area contributed by atoms with Crippen LogP contribution in [-0.4, -0.2) is 72.5 Å².